The number of carbonyl (C=O) groups is 2. The summed E-state index contributed by atoms with van der Waals surface area (Å²) in [6, 6.07) is 11.3. The lowest BCUT2D eigenvalue weighted by atomic mass is 10.1. The SMILES string of the molecule is CCCNC(=O)[C@@H](C)N(Cc1ccccc1C)C(=O)Cc1c(F)cccc1Cl. The number of benzene rings is 2. The predicted molar refractivity (Wildman–Crippen MR) is 110 cm³/mol. The second-order valence-electron chi connectivity index (χ2n) is 6.79. The molecule has 2 amide bonds. The molecule has 0 saturated carbocycles. The first-order chi connectivity index (χ1) is 13.3. The van der Waals surface area contributed by atoms with Gasteiger partial charge in [-0.3, -0.25) is 9.59 Å². The topological polar surface area (TPSA) is 49.4 Å². The molecule has 2 aromatic carbocycles. The van der Waals surface area contributed by atoms with Crippen LogP contribution in [0.5, 0.6) is 0 Å². The second-order valence-corrected chi connectivity index (χ2v) is 7.20. The van der Waals surface area contributed by atoms with Crippen LogP contribution in [0.25, 0.3) is 0 Å². The first kappa shape index (κ1) is 21.9. The molecule has 0 aliphatic rings. The third kappa shape index (κ3) is 5.55. The Labute approximate surface area is 170 Å². The molecule has 2 rings (SSSR count). The molecule has 0 saturated heterocycles. The van der Waals surface area contributed by atoms with Gasteiger partial charge in [0.05, 0.1) is 6.42 Å². The first-order valence-electron chi connectivity index (χ1n) is 9.39. The summed E-state index contributed by atoms with van der Waals surface area (Å²) < 4.78 is 14.2. The Morgan fingerprint density at radius 1 is 1.18 bits per heavy atom. The van der Waals surface area contributed by atoms with Gasteiger partial charge in [-0.05, 0) is 43.5 Å². The predicted octanol–water partition coefficient (Wildman–Crippen LogP) is 4.27. The molecule has 0 spiro atoms. The second kappa shape index (κ2) is 10.2. The van der Waals surface area contributed by atoms with E-state index in [1.165, 1.54) is 17.0 Å². The van der Waals surface area contributed by atoms with Crippen molar-refractivity contribution in [1.29, 1.82) is 0 Å². The Morgan fingerprint density at radius 3 is 2.54 bits per heavy atom. The lowest BCUT2D eigenvalue weighted by molar-refractivity contribution is -0.140. The minimum atomic E-state index is -0.691. The molecule has 0 aliphatic carbocycles. The van der Waals surface area contributed by atoms with E-state index in [0.717, 1.165) is 17.5 Å². The molecule has 0 unspecified atom stereocenters. The van der Waals surface area contributed by atoms with Crippen molar-refractivity contribution in [3.8, 4) is 0 Å². The molecule has 4 nitrogen and oxygen atoms in total. The quantitative estimate of drug-likeness (QED) is 0.714. The summed E-state index contributed by atoms with van der Waals surface area (Å²) in [6.45, 7) is 6.39. The lowest BCUT2D eigenvalue weighted by Crippen LogP contribution is -2.48. The maximum atomic E-state index is 14.2. The fraction of sp³-hybridized carbons (Fsp3) is 0.364. The number of hydrogen-bond donors (Lipinski definition) is 1. The standard InChI is InChI=1S/C22H26ClFN2O2/c1-4-12-25-22(28)16(3)26(14-17-9-6-5-8-15(17)2)21(27)13-18-19(23)10-7-11-20(18)24/h5-11,16H,4,12-14H2,1-3H3,(H,25,28)/t16-/m1/s1. The summed E-state index contributed by atoms with van der Waals surface area (Å²) in [5.74, 6) is -1.11. The summed E-state index contributed by atoms with van der Waals surface area (Å²) in [7, 11) is 0. The molecular formula is C22H26ClFN2O2. The zero-order valence-electron chi connectivity index (χ0n) is 16.5. The normalized spacial score (nSPS) is 11.8. The highest BCUT2D eigenvalue weighted by molar-refractivity contribution is 6.31. The maximum Gasteiger partial charge on any atom is 0.242 e. The molecule has 0 aromatic heterocycles. The van der Waals surface area contributed by atoms with Gasteiger partial charge in [-0.2, -0.15) is 0 Å². The van der Waals surface area contributed by atoms with Crippen LogP contribution in [-0.4, -0.2) is 29.3 Å². The molecule has 0 aliphatic heterocycles. The van der Waals surface area contributed by atoms with Gasteiger partial charge in [-0.1, -0.05) is 48.9 Å². The van der Waals surface area contributed by atoms with Crippen LogP contribution in [0.4, 0.5) is 4.39 Å². The molecule has 1 atom stereocenters. The molecule has 28 heavy (non-hydrogen) atoms. The van der Waals surface area contributed by atoms with Gasteiger partial charge in [0.15, 0.2) is 0 Å². The highest BCUT2D eigenvalue weighted by Crippen LogP contribution is 2.22. The summed E-state index contributed by atoms with van der Waals surface area (Å²) in [4.78, 5) is 27.1. The molecule has 0 radical (unpaired) electrons. The Hall–Kier alpha value is -2.40. The van der Waals surface area contributed by atoms with E-state index >= 15 is 0 Å². The monoisotopic (exact) mass is 404 g/mol. The zero-order chi connectivity index (χ0) is 20.7. The minimum absolute atomic E-state index is 0.144. The molecule has 150 valence electrons. The highest BCUT2D eigenvalue weighted by atomic mass is 35.5. The van der Waals surface area contributed by atoms with E-state index in [-0.39, 0.29) is 35.4 Å². The van der Waals surface area contributed by atoms with Gasteiger partial charge in [0.2, 0.25) is 11.8 Å². The van der Waals surface area contributed by atoms with E-state index in [2.05, 4.69) is 5.32 Å². The van der Waals surface area contributed by atoms with Gasteiger partial charge in [-0.25, -0.2) is 4.39 Å². The molecule has 0 bridgehead atoms. The smallest absolute Gasteiger partial charge is 0.242 e. The molecule has 0 heterocycles. The number of nitrogens with zero attached hydrogens (tertiary/aromatic N) is 1. The minimum Gasteiger partial charge on any atom is -0.354 e. The summed E-state index contributed by atoms with van der Waals surface area (Å²) in [6.07, 6.45) is 0.595. The van der Waals surface area contributed by atoms with Crippen LogP contribution >= 0.6 is 11.6 Å². The Balaban J connectivity index is 2.29. The Bertz CT molecular complexity index is 821. The van der Waals surface area contributed by atoms with Crippen molar-refractivity contribution >= 4 is 23.4 Å². The molecule has 0 fully saturated rings. The van der Waals surface area contributed by atoms with Crippen molar-refractivity contribution < 1.29 is 14.0 Å². The van der Waals surface area contributed by atoms with Crippen LogP contribution in [0.3, 0.4) is 0 Å². The average Bonchev–Trinajstić information content (AvgIpc) is 2.67. The molecule has 6 heteroatoms. The molecular weight excluding hydrogens is 379 g/mol. The average molecular weight is 405 g/mol. The van der Waals surface area contributed by atoms with Gasteiger partial charge in [0.1, 0.15) is 11.9 Å². The summed E-state index contributed by atoms with van der Waals surface area (Å²) in [5.41, 5.74) is 2.10. The number of hydrogen-bond acceptors (Lipinski definition) is 2. The third-order valence-electron chi connectivity index (χ3n) is 4.71. The van der Waals surface area contributed by atoms with Crippen LogP contribution in [0.1, 0.15) is 37.0 Å². The molecule has 2 aromatic rings. The van der Waals surface area contributed by atoms with Crippen molar-refractivity contribution in [1.82, 2.24) is 10.2 Å². The first-order valence-corrected chi connectivity index (χ1v) is 9.77. The molecule has 1 N–H and O–H groups in total. The van der Waals surface area contributed by atoms with E-state index in [4.69, 9.17) is 11.6 Å². The zero-order valence-corrected chi connectivity index (χ0v) is 17.2. The summed E-state index contributed by atoms with van der Waals surface area (Å²) in [5, 5.41) is 3.02. The van der Waals surface area contributed by atoms with Crippen LogP contribution < -0.4 is 5.32 Å². The van der Waals surface area contributed by atoms with Gasteiger partial charge >= 0.3 is 0 Å². The number of halogens is 2. The van der Waals surface area contributed by atoms with Gasteiger partial charge < -0.3 is 10.2 Å². The number of amides is 2. The van der Waals surface area contributed by atoms with Crippen LogP contribution in [-0.2, 0) is 22.6 Å². The van der Waals surface area contributed by atoms with E-state index in [1.54, 1.807) is 13.0 Å². The number of nitrogens with one attached hydrogen (secondary N) is 1. The summed E-state index contributed by atoms with van der Waals surface area (Å²) >= 11 is 6.08. The van der Waals surface area contributed by atoms with Crippen LogP contribution in [0.15, 0.2) is 42.5 Å². The lowest BCUT2D eigenvalue weighted by Gasteiger charge is -2.29. The maximum absolute atomic E-state index is 14.2. The van der Waals surface area contributed by atoms with Gasteiger partial charge in [-0.15, -0.1) is 0 Å². The largest absolute Gasteiger partial charge is 0.354 e. The van der Waals surface area contributed by atoms with Crippen LogP contribution in [0.2, 0.25) is 5.02 Å². The van der Waals surface area contributed by atoms with Gasteiger partial charge in [0.25, 0.3) is 0 Å². The van der Waals surface area contributed by atoms with E-state index in [9.17, 15) is 14.0 Å². The van der Waals surface area contributed by atoms with Crippen molar-refractivity contribution in [2.45, 2.75) is 46.2 Å². The van der Waals surface area contributed by atoms with E-state index in [0.29, 0.717) is 6.54 Å². The van der Waals surface area contributed by atoms with Crippen molar-refractivity contribution in [3.05, 3.63) is 70.0 Å². The van der Waals surface area contributed by atoms with Crippen molar-refractivity contribution in [3.63, 3.8) is 0 Å². The fourth-order valence-electron chi connectivity index (χ4n) is 2.90. The number of carbonyl (C=O) groups excluding carboxylic acids is 2. The van der Waals surface area contributed by atoms with Gasteiger partial charge in [0, 0.05) is 23.7 Å². The Morgan fingerprint density at radius 2 is 1.89 bits per heavy atom. The number of rotatable bonds is 8. The van der Waals surface area contributed by atoms with Crippen molar-refractivity contribution in [2.75, 3.05) is 6.54 Å². The van der Waals surface area contributed by atoms with E-state index in [1.807, 2.05) is 38.1 Å². The Kier molecular flexibility index (Phi) is 8.00. The fourth-order valence-corrected chi connectivity index (χ4v) is 3.13. The highest BCUT2D eigenvalue weighted by Gasteiger charge is 2.27. The van der Waals surface area contributed by atoms with Crippen molar-refractivity contribution in [2.24, 2.45) is 0 Å². The van der Waals surface area contributed by atoms with E-state index < -0.39 is 11.9 Å². The van der Waals surface area contributed by atoms with Crippen LogP contribution in [0, 0.1) is 12.7 Å². The number of aryl methyl sites for hydroxylation is 1. The third-order valence-corrected chi connectivity index (χ3v) is 5.06.